The van der Waals surface area contributed by atoms with Gasteiger partial charge in [-0.1, -0.05) is 0 Å². The Labute approximate surface area is 198 Å². The van der Waals surface area contributed by atoms with Gasteiger partial charge < -0.3 is 15.0 Å². The fourth-order valence-corrected chi connectivity index (χ4v) is 6.11. The molecule has 1 amide bonds. The Morgan fingerprint density at radius 2 is 2.00 bits per heavy atom. The van der Waals surface area contributed by atoms with E-state index in [4.69, 9.17) is 10.1 Å². The lowest BCUT2D eigenvalue weighted by atomic mass is 9.97. The van der Waals surface area contributed by atoms with E-state index in [1.54, 1.807) is 0 Å². The molecule has 3 aromatic rings. The first kappa shape index (κ1) is 20.4. The topological polar surface area (TPSA) is 88.2 Å². The van der Waals surface area contributed by atoms with Crippen molar-refractivity contribution in [2.24, 2.45) is 0 Å². The zero-order chi connectivity index (χ0) is 22.8. The van der Waals surface area contributed by atoms with Crippen LogP contribution in [0.25, 0.3) is 11.3 Å². The van der Waals surface area contributed by atoms with Crippen LogP contribution in [0.2, 0.25) is 0 Å². The number of carbonyl (C=O) groups is 1. The maximum absolute atomic E-state index is 12.6. The van der Waals surface area contributed by atoms with Gasteiger partial charge in [-0.15, -0.1) is 0 Å². The molecule has 2 aliphatic carbocycles. The van der Waals surface area contributed by atoms with Crippen molar-refractivity contribution in [3.63, 3.8) is 0 Å². The van der Waals surface area contributed by atoms with E-state index in [1.807, 2.05) is 12.3 Å². The number of amides is 1. The van der Waals surface area contributed by atoms with Crippen LogP contribution in [0.4, 0.5) is 0 Å². The summed E-state index contributed by atoms with van der Waals surface area (Å²) in [5, 5.41) is 18.2. The van der Waals surface area contributed by atoms with Gasteiger partial charge in [0.2, 0.25) is 0 Å². The predicted octanol–water partition coefficient (Wildman–Crippen LogP) is 2.43. The molecule has 0 bridgehead atoms. The van der Waals surface area contributed by atoms with E-state index < -0.39 is 0 Å². The van der Waals surface area contributed by atoms with E-state index >= 15 is 0 Å². The third kappa shape index (κ3) is 3.23. The van der Waals surface area contributed by atoms with Crippen LogP contribution in [0.3, 0.4) is 0 Å². The van der Waals surface area contributed by atoms with Crippen molar-refractivity contribution in [3.05, 3.63) is 58.3 Å². The summed E-state index contributed by atoms with van der Waals surface area (Å²) < 4.78 is 4.31. The van der Waals surface area contributed by atoms with Gasteiger partial charge in [-0.2, -0.15) is 5.10 Å². The van der Waals surface area contributed by atoms with Crippen molar-refractivity contribution in [3.8, 4) is 11.3 Å². The molecule has 2 N–H and O–H groups in total. The number of nitrogens with zero attached hydrogens (tertiary/aromatic N) is 5. The van der Waals surface area contributed by atoms with Gasteiger partial charge in [-0.05, 0) is 62.3 Å². The summed E-state index contributed by atoms with van der Waals surface area (Å²) in [5.74, 6) is -0.0170. The van der Waals surface area contributed by atoms with Gasteiger partial charge in [0.1, 0.15) is 5.69 Å². The summed E-state index contributed by atoms with van der Waals surface area (Å²) in [6.45, 7) is 3.34. The molecule has 5 heterocycles. The predicted molar refractivity (Wildman–Crippen MR) is 126 cm³/mol. The summed E-state index contributed by atoms with van der Waals surface area (Å²) in [6.07, 6.45) is 8.85. The Morgan fingerprint density at radius 1 is 1.12 bits per heavy atom. The molecule has 8 heteroatoms. The molecule has 0 saturated heterocycles. The number of fused-ring (bicyclic) bond motifs is 4. The number of aliphatic hydroxyl groups excluding tert-OH is 1. The van der Waals surface area contributed by atoms with Crippen molar-refractivity contribution in [1.82, 2.24) is 29.5 Å². The molecule has 7 rings (SSSR count). The molecule has 3 aromatic heterocycles. The highest BCUT2D eigenvalue weighted by atomic mass is 16.3. The second-order valence-corrected chi connectivity index (χ2v) is 10.2. The van der Waals surface area contributed by atoms with Crippen molar-refractivity contribution >= 4 is 5.91 Å². The summed E-state index contributed by atoms with van der Waals surface area (Å²) in [5.41, 5.74) is 8.00. The average molecular weight is 459 g/mol. The van der Waals surface area contributed by atoms with Crippen LogP contribution >= 0.6 is 0 Å². The van der Waals surface area contributed by atoms with E-state index in [-0.39, 0.29) is 18.6 Å². The molecular weight excluding hydrogens is 428 g/mol. The van der Waals surface area contributed by atoms with Crippen molar-refractivity contribution in [1.29, 1.82) is 0 Å². The number of nitrogens with one attached hydrogen (secondary N) is 1. The van der Waals surface area contributed by atoms with Crippen LogP contribution < -0.4 is 5.32 Å². The van der Waals surface area contributed by atoms with Crippen molar-refractivity contribution in [2.45, 2.75) is 70.3 Å². The van der Waals surface area contributed by atoms with E-state index in [9.17, 15) is 9.90 Å². The lowest BCUT2D eigenvalue weighted by Gasteiger charge is -2.30. The molecular formula is C26H30N6O2. The maximum Gasteiger partial charge on any atom is 0.268 e. The molecule has 0 radical (unpaired) electrons. The molecule has 34 heavy (non-hydrogen) atoms. The highest BCUT2D eigenvalue weighted by Crippen LogP contribution is 2.35. The fourth-order valence-electron chi connectivity index (χ4n) is 6.11. The minimum Gasteiger partial charge on any atom is -0.392 e. The third-order valence-corrected chi connectivity index (χ3v) is 8.02. The zero-order valence-corrected chi connectivity index (χ0v) is 19.3. The third-order valence-electron chi connectivity index (χ3n) is 8.02. The Kier molecular flexibility index (Phi) is 4.67. The first-order valence-corrected chi connectivity index (χ1v) is 12.6. The number of rotatable bonds is 4. The van der Waals surface area contributed by atoms with Gasteiger partial charge in [0.25, 0.3) is 5.91 Å². The molecule has 8 nitrogen and oxygen atoms in total. The quantitative estimate of drug-likeness (QED) is 0.627. The molecule has 0 aromatic carbocycles. The van der Waals surface area contributed by atoms with Crippen molar-refractivity contribution in [2.75, 3.05) is 13.1 Å². The van der Waals surface area contributed by atoms with Crippen LogP contribution in [-0.2, 0) is 32.5 Å². The Morgan fingerprint density at radius 3 is 2.85 bits per heavy atom. The van der Waals surface area contributed by atoms with Gasteiger partial charge in [0, 0.05) is 48.7 Å². The van der Waals surface area contributed by atoms with E-state index in [0.717, 1.165) is 73.1 Å². The minimum atomic E-state index is -0.104. The summed E-state index contributed by atoms with van der Waals surface area (Å²) in [7, 11) is 0. The van der Waals surface area contributed by atoms with E-state index in [2.05, 4.69) is 31.6 Å². The number of aliphatic hydroxyl groups is 1. The highest BCUT2D eigenvalue weighted by molar-refractivity contribution is 5.94. The Bertz CT molecular complexity index is 1290. The Balaban J connectivity index is 1.24. The average Bonchev–Trinajstić information content (AvgIpc) is 3.51. The molecule has 0 spiro atoms. The maximum atomic E-state index is 12.6. The number of pyridine rings is 1. The normalized spacial score (nSPS) is 22.1. The number of carbonyl (C=O) groups excluding carboxylic acids is 1. The summed E-state index contributed by atoms with van der Waals surface area (Å²) >= 11 is 0. The van der Waals surface area contributed by atoms with E-state index in [0.29, 0.717) is 6.54 Å². The molecule has 1 saturated carbocycles. The number of aromatic nitrogens is 4. The van der Waals surface area contributed by atoms with Gasteiger partial charge in [0.05, 0.1) is 36.3 Å². The molecule has 2 aliphatic heterocycles. The van der Waals surface area contributed by atoms with Crippen LogP contribution in [0.1, 0.15) is 70.4 Å². The van der Waals surface area contributed by atoms with Crippen LogP contribution in [0.15, 0.2) is 24.4 Å². The largest absolute Gasteiger partial charge is 0.392 e. The number of aryl methyl sites for hydroxylation is 1. The fraction of sp³-hybridized carbons (Fsp3) is 0.500. The minimum absolute atomic E-state index is 0.0170. The SMILES string of the molecule is O=C1NCC(c2ncc(-c3cc4n(n3)CCN(C3CC3)C4)cc2CO)n2c1cc1c2CCCC1. The first-order valence-electron chi connectivity index (χ1n) is 12.6. The van der Waals surface area contributed by atoms with Crippen molar-refractivity contribution < 1.29 is 9.90 Å². The summed E-state index contributed by atoms with van der Waals surface area (Å²) in [4.78, 5) is 20.1. The van der Waals surface area contributed by atoms with Crippen LogP contribution in [0.5, 0.6) is 0 Å². The lowest BCUT2D eigenvalue weighted by molar-refractivity contribution is 0.0919. The van der Waals surface area contributed by atoms with Crippen LogP contribution in [0, 0.1) is 0 Å². The molecule has 1 unspecified atom stereocenters. The van der Waals surface area contributed by atoms with Gasteiger partial charge >= 0.3 is 0 Å². The highest BCUT2D eigenvalue weighted by Gasteiger charge is 2.34. The van der Waals surface area contributed by atoms with Crippen LogP contribution in [-0.4, -0.2) is 54.4 Å². The number of hydrogen-bond donors (Lipinski definition) is 2. The molecule has 1 fully saturated rings. The molecule has 1 atom stereocenters. The lowest BCUT2D eigenvalue weighted by Crippen LogP contribution is -2.40. The zero-order valence-electron chi connectivity index (χ0n) is 19.3. The molecule has 4 aliphatic rings. The van der Waals surface area contributed by atoms with Gasteiger partial charge in [-0.3, -0.25) is 19.4 Å². The van der Waals surface area contributed by atoms with Gasteiger partial charge in [0.15, 0.2) is 0 Å². The standard InChI is InChI=1S/C26H30N6O2/c33-15-18-9-17(21-11-20-14-30(19-5-6-19)7-8-31(20)29-21)12-27-25(18)24-13-28-26(34)23-10-16-3-1-2-4-22(16)32(23)24/h9-12,19,24,33H,1-8,13-15H2,(H,28,34). The summed E-state index contributed by atoms with van der Waals surface area (Å²) in [6, 6.07) is 6.92. The Hall–Kier alpha value is -2.97. The van der Waals surface area contributed by atoms with Gasteiger partial charge in [-0.25, -0.2) is 0 Å². The second kappa shape index (κ2) is 7.78. The number of hydrogen-bond acceptors (Lipinski definition) is 5. The monoisotopic (exact) mass is 458 g/mol. The second-order valence-electron chi connectivity index (χ2n) is 10.2. The smallest absolute Gasteiger partial charge is 0.268 e. The first-order chi connectivity index (χ1) is 16.7. The molecule has 176 valence electrons. The van der Waals surface area contributed by atoms with E-state index in [1.165, 1.54) is 36.2 Å².